The predicted octanol–water partition coefficient (Wildman–Crippen LogP) is 2.16. The first kappa shape index (κ1) is 12.5. The number of ketones is 1. The van der Waals surface area contributed by atoms with Crippen LogP contribution in [0.4, 0.5) is 0 Å². The summed E-state index contributed by atoms with van der Waals surface area (Å²) in [4.78, 5) is 11.8. The molecule has 0 unspecified atom stereocenters. The molecular formula is C13H10O4S. The molecule has 18 heavy (non-hydrogen) atoms. The summed E-state index contributed by atoms with van der Waals surface area (Å²) in [5, 5.41) is 0. The highest BCUT2D eigenvalue weighted by atomic mass is 32.2. The molecule has 2 aromatic carbocycles. The quantitative estimate of drug-likeness (QED) is 0.679. The first-order valence-corrected chi connectivity index (χ1v) is 6.60. The Kier molecular flexibility index (Phi) is 3.27. The molecule has 0 aromatic heterocycles. The molecule has 2 aromatic rings. The summed E-state index contributed by atoms with van der Waals surface area (Å²) in [5.74, 6) is -0.441. The van der Waals surface area contributed by atoms with Crippen molar-refractivity contribution in [1.82, 2.24) is 0 Å². The molecule has 0 saturated carbocycles. The Balaban J connectivity index is 2.57. The fraction of sp³-hybridized carbons (Fsp3) is 0. The van der Waals surface area contributed by atoms with Crippen LogP contribution in [0.25, 0.3) is 0 Å². The lowest BCUT2D eigenvalue weighted by atomic mass is 10.0. The first-order chi connectivity index (χ1) is 8.50. The van der Waals surface area contributed by atoms with Crippen LogP contribution in [-0.2, 0) is 10.1 Å². The van der Waals surface area contributed by atoms with Gasteiger partial charge in [-0.05, 0) is 12.1 Å². The Morgan fingerprint density at radius 3 is 2.06 bits per heavy atom. The van der Waals surface area contributed by atoms with E-state index >= 15 is 0 Å². The normalized spacial score (nSPS) is 11.2. The SMILES string of the molecule is O=C(c1ccccc1)c1ccccc1S(=O)(=O)O. The van der Waals surface area contributed by atoms with Crippen molar-refractivity contribution in [2.75, 3.05) is 0 Å². The van der Waals surface area contributed by atoms with Crippen LogP contribution < -0.4 is 0 Å². The van der Waals surface area contributed by atoms with Gasteiger partial charge in [-0.25, -0.2) is 0 Å². The van der Waals surface area contributed by atoms with Gasteiger partial charge in [-0.2, -0.15) is 8.42 Å². The Morgan fingerprint density at radius 1 is 0.889 bits per heavy atom. The van der Waals surface area contributed by atoms with Gasteiger partial charge in [0.25, 0.3) is 10.1 Å². The second-order valence-corrected chi connectivity index (χ2v) is 5.06. The second-order valence-electron chi connectivity index (χ2n) is 3.67. The van der Waals surface area contributed by atoms with Gasteiger partial charge in [-0.1, -0.05) is 42.5 Å². The van der Waals surface area contributed by atoms with Gasteiger partial charge in [0.05, 0.1) is 0 Å². The van der Waals surface area contributed by atoms with E-state index in [0.717, 1.165) is 0 Å². The van der Waals surface area contributed by atoms with Gasteiger partial charge in [-0.15, -0.1) is 0 Å². The lowest BCUT2D eigenvalue weighted by molar-refractivity contribution is 0.103. The number of carbonyl (C=O) groups is 1. The van der Waals surface area contributed by atoms with E-state index in [1.165, 1.54) is 18.2 Å². The van der Waals surface area contributed by atoms with Crippen LogP contribution in [0, 0.1) is 0 Å². The van der Waals surface area contributed by atoms with Crippen molar-refractivity contribution < 1.29 is 17.8 Å². The zero-order chi connectivity index (χ0) is 13.2. The Labute approximate surface area is 105 Å². The summed E-state index contributed by atoms with van der Waals surface area (Å²) in [6.07, 6.45) is 0. The summed E-state index contributed by atoms with van der Waals surface area (Å²) in [6, 6.07) is 13.9. The van der Waals surface area contributed by atoms with E-state index in [1.807, 2.05) is 0 Å². The molecule has 0 radical (unpaired) electrons. The maximum absolute atomic E-state index is 12.1. The molecule has 92 valence electrons. The van der Waals surface area contributed by atoms with Crippen LogP contribution in [0.3, 0.4) is 0 Å². The molecule has 0 heterocycles. The summed E-state index contributed by atoms with van der Waals surface area (Å²) in [5.41, 5.74) is 0.333. The molecule has 0 saturated heterocycles. The topological polar surface area (TPSA) is 71.4 Å². The summed E-state index contributed by atoms with van der Waals surface area (Å²) >= 11 is 0. The summed E-state index contributed by atoms with van der Waals surface area (Å²) in [7, 11) is -4.41. The predicted molar refractivity (Wildman–Crippen MR) is 66.1 cm³/mol. The fourth-order valence-electron chi connectivity index (χ4n) is 1.62. The highest BCUT2D eigenvalue weighted by Gasteiger charge is 2.20. The van der Waals surface area contributed by atoms with Crippen molar-refractivity contribution >= 4 is 15.9 Å². The first-order valence-electron chi connectivity index (χ1n) is 5.16. The highest BCUT2D eigenvalue weighted by Crippen LogP contribution is 2.18. The molecule has 5 heteroatoms. The Morgan fingerprint density at radius 2 is 1.44 bits per heavy atom. The summed E-state index contributed by atoms with van der Waals surface area (Å²) < 4.78 is 31.5. The third kappa shape index (κ3) is 2.47. The van der Waals surface area contributed by atoms with E-state index in [1.54, 1.807) is 36.4 Å². The van der Waals surface area contributed by atoms with Gasteiger partial charge in [0.1, 0.15) is 4.90 Å². The zero-order valence-corrected chi connectivity index (χ0v) is 10.1. The molecule has 0 bridgehead atoms. The van der Waals surface area contributed by atoms with Crippen molar-refractivity contribution in [3.05, 3.63) is 65.7 Å². The van der Waals surface area contributed by atoms with Crippen molar-refractivity contribution in [3.8, 4) is 0 Å². The van der Waals surface area contributed by atoms with Crippen molar-refractivity contribution in [2.45, 2.75) is 4.90 Å². The van der Waals surface area contributed by atoms with E-state index in [9.17, 15) is 13.2 Å². The van der Waals surface area contributed by atoms with E-state index in [2.05, 4.69) is 0 Å². The number of hydrogen-bond acceptors (Lipinski definition) is 3. The second kappa shape index (κ2) is 4.72. The number of rotatable bonds is 3. The molecule has 1 N–H and O–H groups in total. The van der Waals surface area contributed by atoms with E-state index in [0.29, 0.717) is 5.56 Å². The van der Waals surface area contributed by atoms with Gasteiger partial charge < -0.3 is 0 Å². The van der Waals surface area contributed by atoms with Gasteiger partial charge in [0.2, 0.25) is 0 Å². The minimum absolute atomic E-state index is 0.0359. The average Bonchev–Trinajstić information content (AvgIpc) is 2.38. The Bertz CT molecular complexity index is 675. The smallest absolute Gasteiger partial charge is 0.289 e. The minimum atomic E-state index is -4.41. The van der Waals surface area contributed by atoms with Gasteiger partial charge in [0.15, 0.2) is 5.78 Å². The van der Waals surface area contributed by atoms with Crippen molar-refractivity contribution in [2.24, 2.45) is 0 Å². The molecule has 4 nitrogen and oxygen atoms in total. The molecule has 0 fully saturated rings. The van der Waals surface area contributed by atoms with E-state index in [4.69, 9.17) is 4.55 Å². The molecule has 2 rings (SSSR count). The molecule has 0 amide bonds. The van der Waals surface area contributed by atoms with Crippen LogP contribution in [-0.4, -0.2) is 18.8 Å². The van der Waals surface area contributed by atoms with E-state index < -0.39 is 15.9 Å². The Hall–Kier alpha value is -1.98. The van der Waals surface area contributed by atoms with Crippen LogP contribution >= 0.6 is 0 Å². The fourth-order valence-corrected chi connectivity index (χ4v) is 2.31. The lowest BCUT2D eigenvalue weighted by Gasteiger charge is -2.05. The number of hydrogen-bond donors (Lipinski definition) is 1. The molecular weight excluding hydrogens is 252 g/mol. The average molecular weight is 262 g/mol. The maximum Gasteiger partial charge on any atom is 0.295 e. The third-order valence-electron chi connectivity index (χ3n) is 2.45. The van der Waals surface area contributed by atoms with E-state index in [-0.39, 0.29) is 10.5 Å². The van der Waals surface area contributed by atoms with Crippen LogP contribution in [0.2, 0.25) is 0 Å². The molecule has 0 atom stereocenters. The zero-order valence-electron chi connectivity index (χ0n) is 9.28. The lowest BCUT2D eigenvalue weighted by Crippen LogP contribution is -2.09. The largest absolute Gasteiger partial charge is 0.295 e. The monoisotopic (exact) mass is 262 g/mol. The van der Waals surface area contributed by atoms with Gasteiger partial charge in [-0.3, -0.25) is 9.35 Å². The number of carbonyl (C=O) groups excluding carboxylic acids is 1. The summed E-state index contributed by atoms with van der Waals surface area (Å²) in [6.45, 7) is 0. The van der Waals surface area contributed by atoms with Crippen molar-refractivity contribution in [1.29, 1.82) is 0 Å². The maximum atomic E-state index is 12.1. The van der Waals surface area contributed by atoms with Gasteiger partial charge in [0, 0.05) is 11.1 Å². The highest BCUT2D eigenvalue weighted by molar-refractivity contribution is 7.86. The van der Waals surface area contributed by atoms with Crippen molar-refractivity contribution in [3.63, 3.8) is 0 Å². The molecule has 0 aliphatic rings. The minimum Gasteiger partial charge on any atom is -0.289 e. The molecule has 0 aliphatic heterocycles. The number of benzene rings is 2. The van der Waals surface area contributed by atoms with Crippen LogP contribution in [0.1, 0.15) is 15.9 Å². The molecule has 0 spiro atoms. The third-order valence-corrected chi connectivity index (χ3v) is 3.36. The van der Waals surface area contributed by atoms with Gasteiger partial charge >= 0.3 is 0 Å². The standard InChI is InChI=1S/C13H10O4S/c14-13(10-6-2-1-3-7-10)11-8-4-5-9-12(11)18(15,16)17/h1-9H,(H,15,16,17). The molecule has 0 aliphatic carbocycles. The van der Waals surface area contributed by atoms with Crippen LogP contribution in [0.15, 0.2) is 59.5 Å². The van der Waals surface area contributed by atoms with Crippen LogP contribution in [0.5, 0.6) is 0 Å².